The first kappa shape index (κ1) is 16.6. The van der Waals surface area contributed by atoms with Crippen molar-refractivity contribution in [2.45, 2.75) is 13.8 Å². The summed E-state index contributed by atoms with van der Waals surface area (Å²) in [7, 11) is 0. The van der Waals surface area contributed by atoms with Crippen LogP contribution in [0.1, 0.15) is 24.2 Å². The molecule has 7 heteroatoms. The molecule has 0 spiro atoms. The summed E-state index contributed by atoms with van der Waals surface area (Å²) in [5.74, 6) is -0.904. The predicted molar refractivity (Wildman–Crippen MR) is 76.3 cm³/mol. The zero-order chi connectivity index (χ0) is 15.8. The van der Waals surface area contributed by atoms with E-state index in [9.17, 15) is 14.4 Å². The zero-order valence-electron chi connectivity index (χ0n) is 12.0. The number of carbonyl (C=O) groups excluding carboxylic acids is 3. The number of esters is 1. The van der Waals surface area contributed by atoms with Gasteiger partial charge < -0.3 is 20.5 Å². The van der Waals surface area contributed by atoms with Crippen LogP contribution in [0.25, 0.3) is 0 Å². The molecule has 0 aromatic heterocycles. The second kappa shape index (κ2) is 8.01. The van der Waals surface area contributed by atoms with Gasteiger partial charge in [-0.05, 0) is 32.0 Å². The molecule has 0 radical (unpaired) electrons. The Bertz CT molecular complexity index is 542. The molecule has 0 aliphatic carbocycles. The first-order chi connectivity index (χ1) is 9.97. The second-order valence-electron chi connectivity index (χ2n) is 4.17. The average molecular weight is 294 g/mol. The summed E-state index contributed by atoms with van der Waals surface area (Å²) >= 11 is 0. The molecule has 0 atom stereocenters. The number of amides is 1. The van der Waals surface area contributed by atoms with E-state index in [0.29, 0.717) is 5.69 Å². The van der Waals surface area contributed by atoms with E-state index in [4.69, 9.17) is 15.2 Å². The molecule has 0 saturated carbocycles. The fourth-order valence-corrected chi connectivity index (χ4v) is 1.47. The lowest BCUT2D eigenvalue weighted by Crippen LogP contribution is -2.22. The van der Waals surface area contributed by atoms with Crippen molar-refractivity contribution in [1.29, 1.82) is 0 Å². The van der Waals surface area contributed by atoms with Gasteiger partial charge in [-0.1, -0.05) is 0 Å². The Kier molecular flexibility index (Phi) is 6.35. The molecule has 0 saturated heterocycles. The van der Waals surface area contributed by atoms with E-state index in [1.54, 1.807) is 6.92 Å². The highest BCUT2D eigenvalue weighted by Gasteiger charge is 2.13. The van der Waals surface area contributed by atoms with E-state index in [0.717, 1.165) is 0 Å². The van der Waals surface area contributed by atoms with Crippen molar-refractivity contribution in [2.24, 2.45) is 5.73 Å². The van der Waals surface area contributed by atoms with E-state index in [2.05, 4.69) is 5.32 Å². The molecule has 3 N–H and O–H groups in total. The third kappa shape index (κ3) is 5.23. The Morgan fingerprint density at radius 3 is 2.57 bits per heavy atom. The number of anilines is 1. The third-order valence-electron chi connectivity index (χ3n) is 2.38. The van der Waals surface area contributed by atoms with Gasteiger partial charge in [0.2, 0.25) is 5.91 Å². The summed E-state index contributed by atoms with van der Waals surface area (Å²) in [6.07, 6.45) is 0. The van der Waals surface area contributed by atoms with Crippen LogP contribution in [0.5, 0.6) is 5.75 Å². The van der Waals surface area contributed by atoms with Crippen LogP contribution >= 0.6 is 0 Å². The molecule has 0 unspecified atom stereocenters. The number of Topliss-reactive ketones (excluding diaryl/α,β-unsaturated/α-hetero) is 1. The number of nitrogens with two attached hydrogens (primary N) is 1. The van der Waals surface area contributed by atoms with Gasteiger partial charge in [-0.3, -0.25) is 9.59 Å². The molecule has 0 aliphatic rings. The van der Waals surface area contributed by atoms with Crippen LogP contribution in [0.4, 0.5) is 5.69 Å². The number of hydrogen-bond donors (Lipinski definition) is 2. The predicted octanol–water partition coefficient (Wildman–Crippen LogP) is 0.728. The Balaban J connectivity index is 3.03. The summed E-state index contributed by atoms with van der Waals surface area (Å²) in [4.78, 5) is 34.0. The van der Waals surface area contributed by atoms with Crippen molar-refractivity contribution < 1.29 is 23.9 Å². The molecular formula is C14H18N2O5. The summed E-state index contributed by atoms with van der Waals surface area (Å²) in [5.41, 5.74) is 5.83. The van der Waals surface area contributed by atoms with Crippen LogP contribution in [-0.2, 0) is 14.3 Å². The number of rotatable bonds is 7. The van der Waals surface area contributed by atoms with E-state index in [1.165, 1.54) is 25.1 Å². The monoisotopic (exact) mass is 294 g/mol. The summed E-state index contributed by atoms with van der Waals surface area (Å²) in [6, 6.07) is 4.40. The van der Waals surface area contributed by atoms with Crippen LogP contribution in [0, 0.1) is 0 Å². The maximum Gasteiger partial charge on any atom is 0.338 e. The molecule has 0 heterocycles. The van der Waals surface area contributed by atoms with Gasteiger partial charge in [0, 0.05) is 0 Å². The van der Waals surface area contributed by atoms with Crippen LogP contribution in [0.2, 0.25) is 0 Å². The van der Waals surface area contributed by atoms with Crippen molar-refractivity contribution in [2.75, 3.05) is 25.1 Å². The van der Waals surface area contributed by atoms with Gasteiger partial charge in [-0.2, -0.15) is 0 Å². The van der Waals surface area contributed by atoms with Crippen molar-refractivity contribution in [3.63, 3.8) is 0 Å². The average Bonchev–Trinajstić information content (AvgIpc) is 2.46. The molecule has 1 amide bonds. The summed E-state index contributed by atoms with van der Waals surface area (Å²) in [6.45, 7) is 2.95. The molecule has 21 heavy (non-hydrogen) atoms. The second-order valence-corrected chi connectivity index (χ2v) is 4.17. The molecule has 114 valence electrons. The fraction of sp³-hybridized carbons (Fsp3) is 0.357. The quantitative estimate of drug-likeness (QED) is 0.718. The van der Waals surface area contributed by atoms with Gasteiger partial charge in [0.05, 0.1) is 24.4 Å². The first-order valence-corrected chi connectivity index (χ1v) is 6.41. The van der Waals surface area contributed by atoms with Crippen molar-refractivity contribution in [3.05, 3.63) is 23.8 Å². The SMILES string of the molecule is CCOC(=O)c1ccc(NC(=O)CN)c(OCC(C)=O)c1. The van der Waals surface area contributed by atoms with E-state index < -0.39 is 11.9 Å². The Labute approximate surface area is 122 Å². The number of benzene rings is 1. The topological polar surface area (TPSA) is 108 Å². The van der Waals surface area contributed by atoms with Gasteiger partial charge in [-0.25, -0.2) is 4.79 Å². The summed E-state index contributed by atoms with van der Waals surface area (Å²) < 4.78 is 10.2. The Hall–Kier alpha value is -2.41. The maximum atomic E-state index is 11.7. The minimum absolute atomic E-state index is 0.169. The van der Waals surface area contributed by atoms with Gasteiger partial charge in [0.15, 0.2) is 5.78 Å². The highest BCUT2D eigenvalue weighted by molar-refractivity contribution is 5.96. The third-order valence-corrected chi connectivity index (χ3v) is 2.38. The molecule has 7 nitrogen and oxygen atoms in total. The van der Waals surface area contributed by atoms with Gasteiger partial charge >= 0.3 is 5.97 Å². The molecule has 1 aromatic rings. The Morgan fingerprint density at radius 1 is 1.29 bits per heavy atom. The van der Waals surface area contributed by atoms with Crippen LogP contribution in [-0.4, -0.2) is 37.4 Å². The van der Waals surface area contributed by atoms with Crippen LogP contribution < -0.4 is 15.8 Å². The molecule has 0 fully saturated rings. The normalized spacial score (nSPS) is 9.86. The molecule has 1 aromatic carbocycles. The highest BCUT2D eigenvalue weighted by atomic mass is 16.5. The van der Waals surface area contributed by atoms with Crippen molar-refractivity contribution >= 4 is 23.3 Å². The first-order valence-electron chi connectivity index (χ1n) is 6.41. The molecule has 1 rings (SSSR count). The minimum atomic E-state index is -0.512. The molecule has 0 aliphatic heterocycles. The number of carbonyl (C=O) groups is 3. The van der Waals surface area contributed by atoms with Gasteiger partial charge in [0.25, 0.3) is 0 Å². The van der Waals surface area contributed by atoms with Crippen molar-refractivity contribution in [3.8, 4) is 5.75 Å². The minimum Gasteiger partial charge on any atom is -0.484 e. The number of ether oxygens (including phenoxy) is 2. The standard InChI is InChI=1S/C14H18N2O5/c1-3-20-14(19)10-4-5-11(16-13(18)7-15)12(6-10)21-8-9(2)17/h4-6H,3,7-8,15H2,1-2H3,(H,16,18). The molecule has 0 bridgehead atoms. The zero-order valence-corrected chi connectivity index (χ0v) is 12.0. The number of nitrogens with one attached hydrogen (secondary N) is 1. The smallest absolute Gasteiger partial charge is 0.338 e. The summed E-state index contributed by atoms with van der Waals surface area (Å²) in [5, 5.41) is 2.53. The lowest BCUT2D eigenvalue weighted by atomic mass is 10.2. The van der Waals surface area contributed by atoms with E-state index in [1.807, 2.05) is 0 Å². The van der Waals surface area contributed by atoms with Crippen molar-refractivity contribution in [1.82, 2.24) is 0 Å². The van der Waals surface area contributed by atoms with Crippen LogP contribution in [0.3, 0.4) is 0 Å². The Morgan fingerprint density at radius 2 is 2.00 bits per heavy atom. The number of hydrogen-bond acceptors (Lipinski definition) is 6. The fourth-order valence-electron chi connectivity index (χ4n) is 1.47. The highest BCUT2D eigenvalue weighted by Crippen LogP contribution is 2.26. The van der Waals surface area contributed by atoms with E-state index in [-0.39, 0.29) is 36.9 Å². The van der Waals surface area contributed by atoms with Gasteiger partial charge in [0.1, 0.15) is 12.4 Å². The molecular weight excluding hydrogens is 276 g/mol. The van der Waals surface area contributed by atoms with E-state index >= 15 is 0 Å². The van der Waals surface area contributed by atoms with Crippen LogP contribution in [0.15, 0.2) is 18.2 Å². The van der Waals surface area contributed by atoms with Gasteiger partial charge in [-0.15, -0.1) is 0 Å². The lowest BCUT2D eigenvalue weighted by molar-refractivity contribution is -0.118. The largest absolute Gasteiger partial charge is 0.484 e. The lowest BCUT2D eigenvalue weighted by Gasteiger charge is -2.12. The number of ketones is 1. The maximum absolute atomic E-state index is 11.7.